The predicted octanol–water partition coefficient (Wildman–Crippen LogP) is 1.97. The first kappa shape index (κ1) is 15.3. The lowest BCUT2D eigenvalue weighted by atomic mass is 9.86. The minimum Gasteiger partial charge on any atom is -0.317 e. The number of nitrogens with zero attached hydrogens (tertiary/aromatic N) is 1. The van der Waals surface area contributed by atoms with Crippen molar-refractivity contribution in [1.29, 1.82) is 0 Å². The average Bonchev–Trinajstić information content (AvgIpc) is 2.83. The molecule has 1 N–H and O–H groups in total. The van der Waals surface area contributed by atoms with Gasteiger partial charge in [0.1, 0.15) is 0 Å². The van der Waals surface area contributed by atoms with Gasteiger partial charge in [-0.1, -0.05) is 19.8 Å². The van der Waals surface area contributed by atoms with Crippen molar-refractivity contribution in [3.05, 3.63) is 0 Å². The average molecular weight is 288 g/mol. The molecule has 2 fully saturated rings. The van der Waals surface area contributed by atoms with Gasteiger partial charge >= 0.3 is 0 Å². The Morgan fingerprint density at radius 3 is 2.74 bits per heavy atom. The van der Waals surface area contributed by atoms with Crippen molar-refractivity contribution in [3.63, 3.8) is 0 Å². The van der Waals surface area contributed by atoms with Gasteiger partial charge in [0.05, 0.1) is 5.75 Å². The van der Waals surface area contributed by atoms with Crippen LogP contribution in [-0.4, -0.2) is 44.2 Å². The van der Waals surface area contributed by atoms with Gasteiger partial charge in [-0.2, -0.15) is 4.31 Å². The monoisotopic (exact) mass is 288 g/mol. The molecule has 1 aliphatic carbocycles. The van der Waals surface area contributed by atoms with Crippen LogP contribution in [0, 0.1) is 5.92 Å². The second-order valence-corrected chi connectivity index (χ2v) is 7.97. The third-order valence-electron chi connectivity index (χ3n) is 4.50. The Bertz CT molecular complexity index is 370. The number of sulfonamides is 1. The zero-order valence-electron chi connectivity index (χ0n) is 12.1. The summed E-state index contributed by atoms with van der Waals surface area (Å²) in [5, 5.41) is 3.27. The normalized spacial score (nSPS) is 28.5. The van der Waals surface area contributed by atoms with E-state index in [-0.39, 0.29) is 0 Å². The molecule has 5 heteroatoms. The van der Waals surface area contributed by atoms with E-state index in [1.807, 2.05) is 4.31 Å². The number of rotatable bonds is 7. The maximum atomic E-state index is 12.4. The van der Waals surface area contributed by atoms with Crippen LogP contribution in [0.2, 0.25) is 0 Å². The van der Waals surface area contributed by atoms with E-state index in [1.165, 1.54) is 19.3 Å². The highest BCUT2D eigenvalue weighted by molar-refractivity contribution is 7.89. The van der Waals surface area contributed by atoms with Crippen LogP contribution in [0.4, 0.5) is 0 Å². The fourth-order valence-electron chi connectivity index (χ4n) is 3.51. The van der Waals surface area contributed by atoms with E-state index in [0.717, 1.165) is 45.3 Å². The summed E-state index contributed by atoms with van der Waals surface area (Å²) in [5.41, 5.74) is 0. The highest BCUT2D eigenvalue weighted by Crippen LogP contribution is 2.37. The molecule has 2 rings (SSSR count). The lowest BCUT2D eigenvalue weighted by Gasteiger charge is -2.31. The van der Waals surface area contributed by atoms with Crippen molar-refractivity contribution >= 4 is 10.0 Å². The number of fused-ring (bicyclic) bond motifs is 1. The zero-order chi connectivity index (χ0) is 13.7. The van der Waals surface area contributed by atoms with Gasteiger partial charge in [0.15, 0.2) is 0 Å². The van der Waals surface area contributed by atoms with Gasteiger partial charge in [-0.25, -0.2) is 8.42 Å². The number of hydrogen-bond donors (Lipinski definition) is 1. The summed E-state index contributed by atoms with van der Waals surface area (Å²) in [6.07, 6.45) is 7.71. The fourth-order valence-corrected chi connectivity index (χ4v) is 5.32. The lowest BCUT2D eigenvalue weighted by Crippen LogP contribution is -2.40. The second-order valence-electron chi connectivity index (χ2n) is 5.93. The quantitative estimate of drug-likeness (QED) is 0.729. The molecule has 0 aromatic heterocycles. The SMILES string of the molecule is CCCNCCCS(=O)(=O)N1CCC2CCCCC21. The highest BCUT2D eigenvalue weighted by Gasteiger charge is 2.41. The topological polar surface area (TPSA) is 49.4 Å². The third-order valence-corrected chi connectivity index (χ3v) is 6.47. The molecule has 0 aromatic rings. The van der Waals surface area contributed by atoms with Gasteiger partial charge in [-0.3, -0.25) is 0 Å². The molecular weight excluding hydrogens is 260 g/mol. The van der Waals surface area contributed by atoms with Crippen molar-refractivity contribution in [2.24, 2.45) is 5.92 Å². The van der Waals surface area contributed by atoms with Crippen LogP contribution in [0.5, 0.6) is 0 Å². The summed E-state index contributed by atoms with van der Waals surface area (Å²) in [5.74, 6) is 0.953. The van der Waals surface area contributed by atoms with Gasteiger partial charge in [0.25, 0.3) is 0 Å². The molecule has 0 bridgehead atoms. The summed E-state index contributed by atoms with van der Waals surface area (Å²) >= 11 is 0. The Labute approximate surface area is 118 Å². The van der Waals surface area contributed by atoms with Crippen LogP contribution < -0.4 is 5.32 Å². The first-order valence-electron chi connectivity index (χ1n) is 7.85. The predicted molar refractivity (Wildman–Crippen MR) is 78.6 cm³/mol. The molecule has 2 aliphatic rings. The molecule has 4 nitrogen and oxygen atoms in total. The smallest absolute Gasteiger partial charge is 0.214 e. The van der Waals surface area contributed by atoms with Gasteiger partial charge in [0.2, 0.25) is 10.0 Å². The minimum absolute atomic E-state index is 0.312. The van der Waals surface area contributed by atoms with E-state index in [9.17, 15) is 8.42 Å². The third kappa shape index (κ3) is 3.92. The molecule has 19 heavy (non-hydrogen) atoms. The molecule has 0 spiro atoms. The molecule has 1 heterocycles. The molecule has 1 aliphatic heterocycles. The van der Waals surface area contributed by atoms with E-state index in [1.54, 1.807) is 0 Å². The molecule has 2 atom stereocenters. The van der Waals surface area contributed by atoms with E-state index >= 15 is 0 Å². The Kier molecular flexibility index (Phi) is 5.66. The van der Waals surface area contributed by atoms with Crippen LogP contribution in [0.1, 0.15) is 51.9 Å². The van der Waals surface area contributed by atoms with E-state index < -0.39 is 10.0 Å². The van der Waals surface area contributed by atoms with Crippen LogP contribution in [0.15, 0.2) is 0 Å². The van der Waals surface area contributed by atoms with Crippen molar-refractivity contribution in [3.8, 4) is 0 Å². The molecule has 112 valence electrons. The maximum Gasteiger partial charge on any atom is 0.214 e. The molecule has 1 saturated heterocycles. The standard InChI is InChI=1S/C14H28N2O2S/c1-2-9-15-10-5-12-19(17,18)16-11-8-13-6-3-4-7-14(13)16/h13-15H,2-12H2,1H3. The Balaban J connectivity index is 1.82. The number of hydrogen-bond acceptors (Lipinski definition) is 3. The molecule has 0 amide bonds. The van der Waals surface area contributed by atoms with E-state index in [0.29, 0.717) is 17.7 Å². The second kappa shape index (κ2) is 7.04. The largest absolute Gasteiger partial charge is 0.317 e. The highest BCUT2D eigenvalue weighted by atomic mass is 32.2. The van der Waals surface area contributed by atoms with Crippen LogP contribution in [0.25, 0.3) is 0 Å². The summed E-state index contributed by atoms with van der Waals surface area (Å²) < 4.78 is 26.7. The molecular formula is C14H28N2O2S. The van der Waals surface area contributed by atoms with Crippen molar-refractivity contribution in [2.45, 2.75) is 57.9 Å². The van der Waals surface area contributed by atoms with Gasteiger partial charge < -0.3 is 5.32 Å². The van der Waals surface area contributed by atoms with Crippen molar-refractivity contribution in [2.75, 3.05) is 25.4 Å². The van der Waals surface area contributed by atoms with E-state index in [4.69, 9.17) is 0 Å². The fraction of sp³-hybridized carbons (Fsp3) is 1.00. The first-order chi connectivity index (χ1) is 9.15. The molecule has 0 radical (unpaired) electrons. The van der Waals surface area contributed by atoms with E-state index in [2.05, 4.69) is 12.2 Å². The minimum atomic E-state index is -3.02. The van der Waals surface area contributed by atoms with Crippen molar-refractivity contribution < 1.29 is 8.42 Å². The van der Waals surface area contributed by atoms with Gasteiger partial charge in [-0.15, -0.1) is 0 Å². The van der Waals surface area contributed by atoms with Gasteiger partial charge in [-0.05, 0) is 51.1 Å². The summed E-state index contributed by atoms with van der Waals surface area (Å²) in [6.45, 7) is 4.68. The summed E-state index contributed by atoms with van der Waals surface area (Å²) in [4.78, 5) is 0. The molecule has 0 aromatic carbocycles. The Hall–Kier alpha value is -0.130. The summed E-state index contributed by atoms with van der Waals surface area (Å²) in [6, 6.07) is 0.322. The molecule has 2 unspecified atom stereocenters. The van der Waals surface area contributed by atoms with Crippen LogP contribution >= 0.6 is 0 Å². The maximum absolute atomic E-state index is 12.4. The Morgan fingerprint density at radius 1 is 1.16 bits per heavy atom. The summed E-state index contributed by atoms with van der Waals surface area (Å²) in [7, 11) is -3.02. The zero-order valence-corrected chi connectivity index (χ0v) is 12.9. The molecule has 1 saturated carbocycles. The lowest BCUT2D eigenvalue weighted by molar-refractivity contribution is 0.260. The van der Waals surface area contributed by atoms with Crippen LogP contribution in [0.3, 0.4) is 0 Å². The first-order valence-corrected chi connectivity index (χ1v) is 9.46. The van der Waals surface area contributed by atoms with Crippen LogP contribution in [-0.2, 0) is 10.0 Å². The van der Waals surface area contributed by atoms with Gasteiger partial charge in [0, 0.05) is 12.6 Å². The number of nitrogens with one attached hydrogen (secondary N) is 1. The Morgan fingerprint density at radius 2 is 1.95 bits per heavy atom. The van der Waals surface area contributed by atoms with Crippen molar-refractivity contribution in [1.82, 2.24) is 9.62 Å².